The molecule has 0 spiro atoms. The monoisotopic (exact) mass is 219 g/mol. The van der Waals surface area contributed by atoms with E-state index in [1.54, 1.807) is 0 Å². The molecule has 0 saturated carbocycles. The number of nitrogens with one attached hydrogen (secondary N) is 1. The summed E-state index contributed by atoms with van der Waals surface area (Å²) < 4.78 is 0. The van der Waals surface area contributed by atoms with Crippen LogP contribution in [0.25, 0.3) is 0 Å². The molecule has 0 aliphatic carbocycles. The van der Waals surface area contributed by atoms with E-state index < -0.39 is 0 Å². The number of alkyl halides is 1. The Morgan fingerprint density at radius 1 is 1.50 bits per heavy atom. The van der Waals surface area contributed by atoms with E-state index in [0.29, 0.717) is 5.38 Å². The van der Waals surface area contributed by atoms with Gasteiger partial charge in [0.15, 0.2) is 0 Å². The Balaban J connectivity index is 0. The highest BCUT2D eigenvalue weighted by Gasteiger charge is 1.86. The lowest BCUT2D eigenvalue weighted by atomic mass is 10.4. The first-order valence-electron chi connectivity index (χ1n) is 4.91. The largest absolute Gasteiger partial charge is 0.309 e. The van der Waals surface area contributed by atoms with E-state index in [-0.39, 0.29) is 0 Å². The van der Waals surface area contributed by atoms with E-state index in [2.05, 4.69) is 16.8 Å². The molecule has 1 N–H and O–H groups in total. The topological polar surface area (TPSA) is 39.5 Å². The van der Waals surface area contributed by atoms with Gasteiger partial charge in [0.05, 0.1) is 12.6 Å². The van der Waals surface area contributed by atoms with Gasteiger partial charge >= 0.3 is 0 Å². The van der Waals surface area contributed by atoms with Crippen LogP contribution in [0.1, 0.15) is 26.7 Å². The maximum atomic E-state index is 6.46. The molecule has 0 aromatic carbocycles. The molecule has 84 valence electrons. The summed E-state index contributed by atoms with van der Waals surface area (Å²) in [6.45, 7) is 5.81. The molecule has 0 heterocycles. The van der Waals surface area contributed by atoms with Gasteiger partial charge in [0, 0.05) is 5.38 Å². The fraction of sp³-hybridized carbons (Fsp3) is 0.900. The van der Waals surface area contributed by atoms with Crippen LogP contribution in [-0.4, -0.2) is 43.5 Å². The molecule has 0 amide bonds. The number of hydrogen-bond acceptors (Lipinski definition) is 3. The summed E-state index contributed by atoms with van der Waals surface area (Å²) in [5.41, 5.74) is 0. The highest BCUT2D eigenvalue weighted by molar-refractivity contribution is 6.20. The van der Waals surface area contributed by atoms with Crippen LogP contribution in [0.2, 0.25) is 0 Å². The zero-order chi connectivity index (χ0) is 11.4. The van der Waals surface area contributed by atoms with Gasteiger partial charge in [0.1, 0.15) is 0 Å². The highest BCUT2D eigenvalue weighted by atomic mass is 35.5. The van der Waals surface area contributed by atoms with Gasteiger partial charge in [-0.25, -0.2) is 10.4 Å². The Morgan fingerprint density at radius 3 is 2.29 bits per heavy atom. The number of aliphatic imine (C=N–C) groups is 1. The van der Waals surface area contributed by atoms with Crippen LogP contribution in [-0.2, 0) is 0 Å². The second-order valence-corrected chi connectivity index (χ2v) is 4.08. The number of nitrogens with zero attached hydrogens (tertiary/aromatic N) is 2. The van der Waals surface area contributed by atoms with E-state index in [4.69, 9.17) is 17.0 Å². The predicted octanol–water partition coefficient (Wildman–Crippen LogP) is 2.71. The predicted molar refractivity (Wildman–Crippen MR) is 63.8 cm³/mol. The van der Waals surface area contributed by atoms with Gasteiger partial charge in [-0.05, 0) is 40.4 Å². The zero-order valence-corrected chi connectivity index (χ0v) is 10.4. The smallest absolute Gasteiger partial charge is 0.0861 e. The maximum absolute atomic E-state index is 6.46. The molecule has 0 aromatic heterocycles. The summed E-state index contributed by atoms with van der Waals surface area (Å²) in [5.74, 6) is 0. The summed E-state index contributed by atoms with van der Waals surface area (Å²) in [6.07, 6.45) is 2.08. The van der Waals surface area contributed by atoms with E-state index >= 15 is 0 Å². The van der Waals surface area contributed by atoms with Gasteiger partial charge < -0.3 is 4.90 Å². The van der Waals surface area contributed by atoms with Crippen LogP contribution in [0.5, 0.6) is 0 Å². The Kier molecular flexibility index (Phi) is 14.5. The SMILES string of the molecule is CCC(C)Cl.CN(C)CCCN=C=N. The Hall–Kier alpha value is -0.370. The van der Waals surface area contributed by atoms with E-state index in [1.165, 1.54) is 0 Å². The van der Waals surface area contributed by atoms with Crippen molar-refractivity contribution in [3.05, 3.63) is 0 Å². The van der Waals surface area contributed by atoms with Crippen molar-refractivity contribution in [3.63, 3.8) is 0 Å². The summed E-state index contributed by atoms with van der Waals surface area (Å²) in [4.78, 5) is 5.73. The number of hydrogen-bond donors (Lipinski definition) is 1. The second-order valence-electron chi connectivity index (χ2n) is 3.34. The summed E-state index contributed by atoms with van der Waals surface area (Å²) in [6, 6.07) is 2.00. The lowest BCUT2D eigenvalue weighted by Gasteiger charge is -2.05. The molecule has 0 aromatic rings. The summed E-state index contributed by atoms with van der Waals surface area (Å²) in [7, 11) is 4.04. The quantitative estimate of drug-likeness (QED) is 0.431. The third-order valence-electron chi connectivity index (χ3n) is 1.52. The molecule has 1 atom stereocenters. The third kappa shape index (κ3) is 22.6. The summed E-state index contributed by atoms with van der Waals surface area (Å²) >= 11 is 5.46. The molecule has 1 unspecified atom stereocenters. The first-order valence-corrected chi connectivity index (χ1v) is 5.35. The maximum Gasteiger partial charge on any atom is 0.0861 e. The molecule has 0 rings (SSSR count). The van der Waals surface area contributed by atoms with Crippen LogP contribution in [0.15, 0.2) is 4.99 Å². The van der Waals surface area contributed by atoms with Crippen LogP contribution >= 0.6 is 11.6 Å². The van der Waals surface area contributed by atoms with Gasteiger partial charge in [0.2, 0.25) is 0 Å². The van der Waals surface area contributed by atoms with Crippen molar-refractivity contribution in [1.29, 1.82) is 5.41 Å². The van der Waals surface area contributed by atoms with Crippen LogP contribution in [0, 0.1) is 5.41 Å². The Labute approximate surface area is 92.7 Å². The lowest BCUT2D eigenvalue weighted by molar-refractivity contribution is 0.403. The number of rotatable bonds is 5. The van der Waals surface area contributed by atoms with E-state index in [9.17, 15) is 0 Å². The Bertz CT molecular complexity index is 151. The zero-order valence-electron chi connectivity index (χ0n) is 9.68. The van der Waals surface area contributed by atoms with Crippen molar-refractivity contribution in [3.8, 4) is 0 Å². The van der Waals surface area contributed by atoms with Crippen molar-refractivity contribution in [2.75, 3.05) is 27.2 Å². The van der Waals surface area contributed by atoms with E-state index in [1.807, 2.05) is 27.0 Å². The molecule has 14 heavy (non-hydrogen) atoms. The third-order valence-corrected chi connectivity index (χ3v) is 1.83. The van der Waals surface area contributed by atoms with Gasteiger partial charge in [-0.1, -0.05) is 6.92 Å². The van der Waals surface area contributed by atoms with Crippen LogP contribution < -0.4 is 0 Å². The molecular weight excluding hydrogens is 198 g/mol. The standard InChI is InChI=1S/C6H13N3.C4H9Cl/c1-9(2)5-3-4-8-6-7;1-3-4(2)5/h7H,3-5H2,1-2H3;4H,3H2,1-2H3. The lowest BCUT2D eigenvalue weighted by Crippen LogP contribution is -2.13. The van der Waals surface area contributed by atoms with Crippen molar-refractivity contribution in [1.82, 2.24) is 4.90 Å². The fourth-order valence-corrected chi connectivity index (χ4v) is 0.522. The molecule has 4 heteroatoms. The van der Waals surface area contributed by atoms with Crippen molar-refractivity contribution >= 4 is 17.6 Å². The molecule has 0 fully saturated rings. The van der Waals surface area contributed by atoms with Crippen molar-refractivity contribution < 1.29 is 0 Å². The van der Waals surface area contributed by atoms with Crippen molar-refractivity contribution in [2.45, 2.75) is 32.1 Å². The average Bonchev–Trinajstić information content (AvgIpc) is 2.13. The molecule has 0 saturated heterocycles. The summed E-state index contributed by atoms with van der Waals surface area (Å²) in [5, 5.41) is 6.81. The minimum Gasteiger partial charge on any atom is -0.309 e. The van der Waals surface area contributed by atoms with Crippen molar-refractivity contribution in [2.24, 2.45) is 4.99 Å². The molecule has 0 aliphatic heterocycles. The minimum atomic E-state index is 0.356. The average molecular weight is 220 g/mol. The molecule has 3 nitrogen and oxygen atoms in total. The first-order chi connectivity index (χ1) is 6.54. The van der Waals surface area contributed by atoms with Crippen LogP contribution in [0.4, 0.5) is 0 Å². The van der Waals surface area contributed by atoms with Gasteiger partial charge in [-0.2, -0.15) is 0 Å². The highest BCUT2D eigenvalue weighted by Crippen LogP contribution is 1.95. The molecule has 0 aliphatic rings. The Morgan fingerprint density at radius 2 is 2.00 bits per heavy atom. The fourth-order valence-electron chi connectivity index (χ4n) is 0.522. The van der Waals surface area contributed by atoms with Gasteiger partial charge in [0.25, 0.3) is 0 Å². The first kappa shape index (κ1) is 16.1. The number of halogens is 1. The van der Waals surface area contributed by atoms with Gasteiger partial charge in [-0.15, -0.1) is 11.6 Å². The minimum absolute atomic E-state index is 0.356. The van der Waals surface area contributed by atoms with Crippen LogP contribution in [0.3, 0.4) is 0 Å². The molecular formula is C10H22ClN3. The molecule has 0 bridgehead atoms. The van der Waals surface area contributed by atoms with Gasteiger partial charge in [-0.3, -0.25) is 0 Å². The normalized spacial score (nSPS) is 11.3. The second kappa shape index (κ2) is 12.6. The van der Waals surface area contributed by atoms with E-state index in [0.717, 1.165) is 25.9 Å². The molecule has 0 radical (unpaired) electrons.